The zero-order valence-electron chi connectivity index (χ0n) is 21.7. The van der Waals surface area contributed by atoms with Crippen molar-refractivity contribution in [3.05, 3.63) is 144 Å². The summed E-state index contributed by atoms with van der Waals surface area (Å²) in [6.45, 7) is 0. The Bertz CT molecular complexity index is 1780. The van der Waals surface area contributed by atoms with E-state index in [1.54, 1.807) is 22.7 Å². The molecule has 0 bridgehead atoms. The summed E-state index contributed by atoms with van der Waals surface area (Å²) < 4.78 is 0. The first-order valence-electron chi connectivity index (χ1n) is 13.1. The monoisotopic (exact) mass is 620 g/mol. The molecule has 7 rings (SSSR count). The van der Waals surface area contributed by atoms with E-state index >= 15 is 0 Å². The second-order valence-electron chi connectivity index (χ2n) is 9.66. The van der Waals surface area contributed by atoms with Crippen molar-refractivity contribution >= 4 is 57.2 Å². The van der Waals surface area contributed by atoms with E-state index in [2.05, 4.69) is 109 Å². The highest BCUT2D eigenvalue weighted by Crippen LogP contribution is 2.39. The summed E-state index contributed by atoms with van der Waals surface area (Å²) in [6, 6.07) is 47.1. The van der Waals surface area contributed by atoms with Crippen LogP contribution in [0.25, 0.3) is 62.6 Å². The van der Waals surface area contributed by atoms with E-state index in [1.165, 1.54) is 62.6 Å². The van der Waals surface area contributed by atoms with Gasteiger partial charge in [-0.2, -0.15) is 0 Å². The summed E-state index contributed by atoms with van der Waals surface area (Å²) in [6.07, 6.45) is 0. The van der Waals surface area contributed by atoms with Crippen LogP contribution in [-0.2, 0) is 0 Å². The molecule has 0 N–H and O–H groups in total. The van der Waals surface area contributed by atoms with E-state index in [4.69, 9.17) is 23.2 Å². The summed E-state index contributed by atoms with van der Waals surface area (Å²) in [5.41, 5.74) is 7.34. The van der Waals surface area contributed by atoms with Gasteiger partial charge >= 0.3 is 0 Å². The lowest BCUT2D eigenvalue weighted by Crippen LogP contribution is -1.75. The van der Waals surface area contributed by atoms with E-state index < -0.39 is 0 Å². The molecule has 0 saturated carbocycles. The van der Waals surface area contributed by atoms with Gasteiger partial charge in [-0.1, -0.05) is 96.0 Å². The molecule has 0 fully saturated rings. The van der Waals surface area contributed by atoms with Crippen molar-refractivity contribution < 1.29 is 0 Å². The third kappa shape index (κ3) is 5.70. The van der Waals surface area contributed by atoms with Crippen molar-refractivity contribution in [1.29, 1.82) is 0 Å². The van der Waals surface area contributed by atoms with Crippen molar-refractivity contribution in [3.63, 3.8) is 0 Å². The molecule has 0 radical (unpaired) electrons. The van der Waals surface area contributed by atoms with Crippen LogP contribution in [-0.4, -0.2) is 0 Å². The average Bonchev–Trinajstić information content (AvgIpc) is 3.80. The Morgan fingerprint density at radius 1 is 0.244 bits per heavy atom. The van der Waals surface area contributed by atoms with E-state index in [-0.39, 0.29) is 0 Å². The highest BCUT2D eigenvalue weighted by atomic mass is 35.5. The second-order valence-corrected chi connectivity index (χ2v) is 13.8. The van der Waals surface area contributed by atoms with Crippen molar-refractivity contribution in [2.24, 2.45) is 0 Å². The molecular formula is C36H22Cl2S3. The number of rotatable bonds is 6. The number of hydrogen-bond acceptors (Lipinski definition) is 3. The van der Waals surface area contributed by atoms with Gasteiger partial charge in [0.05, 0.1) is 0 Å². The van der Waals surface area contributed by atoms with Crippen molar-refractivity contribution in [2.45, 2.75) is 0 Å². The maximum absolute atomic E-state index is 6.05. The van der Waals surface area contributed by atoms with E-state index in [0.29, 0.717) is 0 Å². The maximum Gasteiger partial charge on any atom is 0.0406 e. The number of halogens is 2. The van der Waals surface area contributed by atoms with Crippen LogP contribution in [0.2, 0.25) is 10.0 Å². The third-order valence-corrected chi connectivity index (χ3v) is 11.0. The summed E-state index contributed by atoms with van der Waals surface area (Å²) in [4.78, 5) is 7.56. The lowest BCUT2D eigenvalue weighted by atomic mass is 10.1. The minimum atomic E-state index is 0.762. The van der Waals surface area contributed by atoms with Crippen LogP contribution in [0.3, 0.4) is 0 Å². The highest BCUT2D eigenvalue weighted by Gasteiger charge is 2.10. The fraction of sp³-hybridized carbons (Fsp3) is 0. The number of hydrogen-bond donors (Lipinski definition) is 0. The minimum Gasteiger partial charge on any atom is -0.135 e. The maximum atomic E-state index is 6.05. The fourth-order valence-corrected chi connectivity index (χ4v) is 8.07. The molecule has 0 aliphatic rings. The molecule has 0 nitrogen and oxygen atoms in total. The molecule has 0 amide bonds. The quantitative estimate of drug-likeness (QED) is 0.173. The molecule has 0 aliphatic carbocycles. The molecule has 0 unspecified atom stereocenters. The van der Waals surface area contributed by atoms with Crippen LogP contribution >= 0.6 is 57.2 Å². The molecule has 5 heteroatoms. The largest absolute Gasteiger partial charge is 0.135 e. The molecule has 0 aliphatic heterocycles. The Morgan fingerprint density at radius 3 is 0.610 bits per heavy atom. The smallest absolute Gasteiger partial charge is 0.0406 e. The van der Waals surface area contributed by atoms with Crippen LogP contribution in [0, 0.1) is 0 Å². The van der Waals surface area contributed by atoms with Gasteiger partial charge in [0, 0.05) is 39.3 Å². The van der Waals surface area contributed by atoms with Crippen LogP contribution in [0.1, 0.15) is 0 Å². The third-order valence-electron chi connectivity index (χ3n) is 6.98. The van der Waals surface area contributed by atoms with Crippen LogP contribution in [0.4, 0.5) is 0 Å². The molecule has 3 aromatic heterocycles. The van der Waals surface area contributed by atoms with Gasteiger partial charge in [0.25, 0.3) is 0 Å². The van der Waals surface area contributed by atoms with Gasteiger partial charge in [-0.15, -0.1) is 34.0 Å². The number of benzene rings is 4. The molecular weight excluding hydrogens is 600 g/mol. The molecule has 41 heavy (non-hydrogen) atoms. The Labute approximate surface area is 261 Å². The fourth-order valence-electron chi connectivity index (χ4n) is 4.77. The Morgan fingerprint density at radius 2 is 0.415 bits per heavy atom. The molecule has 3 heterocycles. The predicted molar refractivity (Wildman–Crippen MR) is 183 cm³/mol. The van der Waals surface area contributed by atoms with E-state index in [1.807, 2.05) is 35.6 Å². The van der Waals surface area contributed by atoms with Gasteiger partial charge in [0.1, 0.15) is 0 Å². The van der Waals surface area contributed by atoms with Gasteiger partial charge in [0.15, 0.2) is 0 Å². The topological polar surface area (TPSA) is 0 Å². The summed E-state index contributed by atoms with van der Waals surface area (Å²) in [7, 11) is 0. The summed E-state index contributed by atoms with van der Waals surface area (Å²) >= 11 is 17.5. The van der Waals surface area contributed by atoms with E-state index in [0.717, 1.165) is 10.0 Å². The van der Waals surface area contributed by atoms with Crippen molar-refractivity contribution in [2.75, 3.05) is 0 Å². The predicted octanol–water partition coefficient (Wildman–Crippen LogP) is 13.2. The first kappa shape index (κ1) is 26.5. The first-order chi connectivity index (χ1) is 20.1. The van der Waals surface area contributed by atoms with Crippen LogP contribution in [0.15, 0.2) is 133 Å². The highest BCUT2D eigenvalue weighted by molar-refractivity contribution is 7.19. The van der Waals surface area contributed by atoms with Crippen molar-refractivity contribution in [3.8, 4) is 62.6 Å². The lowest BCUT2D eigenvalue weighted by molar-refractivity contribution is 1.68. The van der Waals surface area contributed by atoms with Gasteiger partial charge in [-0.3, -0.25) is 0 Å². The SMILES string of the molecule is Clc1ccc(-c2ccc(-c3ccc(-c4ccc(-c5ccc(-c6ccc(-c7ccc(Cl)cc7)s6)cc5)s4)cc3)s2)cc1. The molecule has 4 aromatic carbocycles. The average molecular weight is 622 g/mol. The Hall–Kier alpha value is -3.44. The molecule has 0 saturated heterocycles. The summed E-state index contributed by atoms with van der Waals surface area (Å²) in [5, 5.41) is 1.52. The zero-order valence-corrected chi connectivity index (χ0v) is 25.6. The van der Waals surface area contributed by atoms with E-state index in [9.17, 15) is 0 Å². The number of thiophene rings is 3. The van der Waals surface area contributed by atoms with Crippen molar-refractivity contribution in [1.82, 2.24) is 0 Å². The van der Waals surface area contributed by atoms with Gasteiger partial charge in [0.2, 0.25) is 0 Å². The summed E-state index contributed by atoms with van der Waals surface area (Å²) in [5.74, 6) is 0. The van der Waals surface area contributed by atoms with Gasteiger partial charge in [-0.05, 0) is 94.0 Å². The first-order valence-corrected chi connectivity index (χ1v) is 16.3. The molecule has 0 spiro atoms. The molecule has 0 atom stereocenters. The standard InChI is InChI=1S/C36H22Cl2S3/c37-29-13-9-27(10-14-29)35-21-19-33(40-35)25-5-1-23(2-6-25)31-17-18-32(39-31)24-3-7-26(8-4-24)34-20-22-36(41-34)28-11-15-30(38)16-12-28/h1-22H. The molecule has 198 valence electrons. The van der Waals surface area contributed by atoms with Crippen LogP contribution < -0.4 is 0 Å². The Balaban J connectivity index is 1.06. The van der Waals surface area contributed by atoms with Crippen LogP contribution in [0.5, 0.6) is 0 Å². The zero-order chi connectivity index (χ0) is 27.8. The molecule has 7 aromatic rings. The van der Waals surface area contributed by atoms with Gasteiger partial charge in [-0.25, -0.2) is 0 Å². The Kier molecular flexibility index (Phi) is 7.38. The van der Waals surface area contributed by atoms with Gasteiger partial charge < -0.3 is 0 Å². The normalized spacial score (nSPS) is 11.2. The minimum absolute atomic E-state index is 0.762. The second kappa shape index (κ2) is 11.4. The lowest BCUT2D eigenvalue weighted by Gasteiger charge is -2.02.